The molecule has 0 bridgehead atoms. The van der Waals surface area contributed by atoms with Crippen LogP contribution in [0, 0.1) is 5.82 Å². The van der Waals surface area contributed by atoms with E-state index >= 15 is 0 Å². The molecule has 1 aromatic carbocycles. The number of halogens is 4. The van der Waals surface area contributed by atoms with E-state index in [1.54, 1.807) is 5.16 Å². The van der Waals surface area contributed by atoms with E-state index < -0.39 is 23.2 Å². The second-order valence-electron chi connectivity index (χ2n) is 2.33. The van der Waals surface area contributed by atoms with E-state index in [9.17, 15) is 17.6 Å². The van der Waals surface area contributed by atoms with E-state index in [4.69, 9.17) is 0 Å². The number of aliphatic imine (C=N–C) groups is 1. The Balaban J connectivity index is 3.44. The summed E-state index contributed by atoms with van der Waals surface area (Å²) < 4.78 is 49.6. The molecule has 1 aromatic rings. The number of nitrogens with zero attached hydrogens (tertiary/aromatic N) is 1. The molecule has 0 aromatic heterocycles. The lowest BCUT2D eigenvalue weighted by Crippen LogP contribution is -2.08. The molecule has 0 amide bonds. The fraction of sp³-hybridized carbons (Fsp3) is 0.125. The minimum Gasteiger partial charge on any atom is -0.206 e. The highest BCUT2D eigenvalue weighted by atomic mass is 32.1. The molecular weight excluding hydrogens is 218 g/mol. The van der Waals surface area contributed by atoms with Gasteiger partial charge in [0, 0.05) is 0 Å². The first-order valence-electron chi connectivity index (χ1n) is 3.40. The van der Waals surface area contributed by atoms with Gasteiger partial charge in [0.05, 0.1) is 10.8 Å². The number of thiocarbonyl (C=S) groups is 1. The molecule has 0 aliphatic heterocycles. The van der Waals surface area contributed by atoms with Crippen LogP contribution in [0.3, 0.4) is 0 Å². The molecule has 0 aliphatic carbocycles. The van der Waals surface area contributed by atoms with Gasteiger partial charge >= 0.3 is 6.18 Å². The summed E-state index contributed by atoms with van der Waals surface area (Å²) in [7, 11) is 0. The normalized spacial score (nSPS) is 10.9. The van der Waals surface area contributed by atoms with Crippen LogP contribution in [0.4, 0.5) is 23.2 Å². The van der Waals surface area contributed by atoms with E-state index in [0.717, 1.165) is 12.1 Å². The van der Waals surface area contributed by atoms with E-state index in [-0.39, 0.29) is 0 Å². The lowest BCUT2D eigenvalue weighted by Gasteiger charge is -2.09. The van der Waals surface area contributed by atoms with Gasteiger partial charge in [0.2, 0.25) is 0 Å². The molecule has 0 unspecified atom stereocenters. The van der Waals surface area contributed by atoms with Crippen molar-refractivity contribution in [2.75, 3.05) is 0 Å². The van der Waals surface area contributed by atoms with Gasteiger partial charge in [0.1, 0.15) is 11.4 Å². The van der Waals surface area contributed by atoms with E-state index in [0.29, 0.717) is 6.07 Å². The van der Waals surface area contributed by atoms with Crippen LogP contribution in [-0.4, -0.2) is 5.16 Å². The average molecular weight is 221 g/mol. The smallest absolute Gasteiger partial charge is 0.206 e. The van der Waals surface area contributed by atoms with Crippen molar-refractivity contribution in [1.82, 2.24) is 0 Å². The summed E-state index contributed by atoms with van der Waals surface area (Å²) in [5, 5.41) is 1.77. The van der Waals surface area contributed by atoms with Crippen molar-refractivity contribution >= 4 is 23.1 Å². The number of alkyl halides is 3. The summed E-state index contributed by atoms with van der Waals surface area (Å²) in [5.41, 5.74) is -1.98. The molecule has 14 heavy (non-hydrogen) atoms. The topological polar surface area (TPSA) is 12.4 Å². The summed E-state index contributed by atoms with van der Waals surface area (Å²) in [6, 6.07) is 2.85. The van der Waals surface area contributed by atoms with Gasteiger partial charge in [0.25, 0.3) is 0 Å². The molecule has 0 saturated carbocycles. The average Bonchev–Trinajstić information content (AvgIpc) is 2.02. The maximum absolute atomic E-state index is 12.8. The highest BCUT2D eigenvalue weighted by Gasteiger charge is 2.36. The standard InChI is InChI=1S/C8H3F4NS/c9-5-2-1-3-6(13-4-14)7(5)8(10,11)12/h1-3H. The predicted molar refractivity (Wildman–Crippen MR) is 46.1 cm³/mol. The summed E-state index contributed by atoms with van der Waals surface area (Å²) in [5.74, 6) is -1.37. The summed E-state index contributed by atoms with van der Waals surface area (Å²) in [6.07, 6.45) is -4.78. The fourth-order valence-electron chi connectivity index (χ4n) is 0.936. The Kier molecular flexibility index (Phi) is 2.98. The van der Waals surface area contributed by atoms with Crippen LogP contribution >= 0.6 is 12.2 Å². The van der Waals surface area contributed by atoms with Crippen LogP contribution in [0.25, 0.3) is 0 Å². The number of isothiocyanates is 1. The summed E-state index contributed by atoms with van der Waals surface area (Å²) >= 11 is 4.15. The van der Waals surface area contributed by atoms with Crippen molar-refractivity contribution in [3.05, 3.63) is 29.6 Å². The molecule has 1 nitrogen and oxygen atoms in total. The van der Waals surface area contributed by atoms with E-state index in [1.807, 2.05) is 0 Å². The lowest BCUT2D eigenvalue weighted by atomic mass is 10.1. The molecule has 74 valence electrons. The summed E-state index contributed by atoms with van der Waals surface area (Å²) in [6.45, 7) is 0. The second-order valence-corrected chi connectivity index (χ2v) is 2.52. The van der Waals surface area contributed by atoms with Gasteiger partial charge in [-0.05, 0) is 24.4 Å². The lowest BCUT2D eigenvalue weighted by molar-refractivity contribution is -0.139. The monoisotopic (exact) mass is 221 g/mol. The molecule has 0 N–H and O–H groups in total. The van der Waals surface area contributed by atoms with Gasteiger partial charge in [-0.1, -0.05) is 6.07 Å². The fourth-order valence-corrected chi connectivity index (χ4v) is 1.03. The van der Waals surface area contributed by atoms with Crippen LogP contribution < -0.4 is 0 Å². The van der Waals surface area contributed by atoms with Crippen LogP contribution in [-0.2, 0) is 6.18 Å². The first-order chi connectivity index (χ1) is 6.46. The molecule has 0 spiro atoms. The third-order valence-electron chi connectivity index (χ3n) is 1.44. The van der Waals surface area contributed by atoms with Crippen LogP contribution in [0.2, 0.25) is 0 Å². The second kappa shape index (κ2) is 3.86. The Bertz CT molecular complexity index is 393. The van der Waals surface area contributed by atoms with Crippen molar-refractivity contribution in [3.8, 4) is 0 Å². The minimum atomic E-state index is -4.78. The largest absolute Gasteiger partial charge is 0.421 e. The van der Waals surface area contributed by atoms with Crippen molar-refractivity contribution in [2.24, 2.45) is 4.99 Å². The Labute approximate surface area is 82.1 Å². The zero-order valence-electron chi connectivity index (χ0n) is 6.60. The first-order valence-corrected chi connectivity index (χ1v) is 3.81. The SMILES string of the molecule is Fc1cccc(N=C=S)c1C(F)(F)F. The minimum absolute atomic E-state index is 0.562. The Morgan fingerprint density at radius 1 is 1.29 bits per heavy atom. The number of hydrogen-bond acceptors (Lipinski definition) is 2. The quantitative estimate of drug-likeness (QED) is 0.401. The summed E-state index contributed by atoms with van der Waals surface area (Å²) in [4.78, 5) is 3.14. The predicted octanol–water partition coefficient (Wildman–Crippen LogP) is 3.58. The maximum atomic E-state index is 12.8. The van der Waals surface area contributed by atoms with E-state index in [2.05, 4.69) is 17.2 Å². The van der Waals surface area contributed by atoms with Gasteiger partial charge in [0.15, 0.2) is 0 Å². The third kappa shape index (κ3) is 2.16. The highest BCUT2D eigenvalue weighted by molar-refractivity contribution is 7.78. The third-order valence-corrected chi connectivity index (χ3v) is 1.53. The Morgan fingerprint density at radius 3 is 2.43 bits per heavy atom. The first kappa shape index (κ1) is 10.8. The van der Waals surface area contributed by atoms with Gasteiger partial charge in [-0.15, -0.1) is 0 Å². The van der Waals surface area contributed by atoms with Crippen molar-refractivity contribution in [2.45, 2.75) is 6.18 Å². The van der Waals surface area contributed by atoms with Crippen LogP contribution in [0.5, 0.6) is 0 Å². The van der Waals surface area contributed by atoms with Gasteiger partial charge in [-0.3, -0.25) is 0 Å². The molecule has 0 saturated heterocycles. The van der Waals surface area contributed by atoms with E-state index in [1.165, 1.54) is 0 Å². The zero-order valence-corrected chi connectivity index (χ0v) is 7.42. The highest BCUT2D eigenvalue weighted by Crippen LogP contribution is 2.37. The molecule has 0 aliphatic rings. The molecule has 0 radical (unpaired) electrons. The number of rotatable bonds is 1. The molecule has 0 atom stereocenters. The Hall–Kier alpha value is -1.26. The molecular formula is C8H3F4NS. The van der Waals surface area contributed by atoms with Gasteiger partial charge in [-0.25, -0.2) is 4.39 Å². The zero-order chi connectivity index (χ0) is 10.8. The molecule has 0 heterocycles. The van der Waals surface area contributed by atoms with Crippen molar-refractivity contribution in [3.63, 3.8) is 0 Å². The molecule has 0 fully saturated rings. The molecule has 1 rings (SSSR count). The van der Waals surface area contributed by atoms with Gasteiger partial charge < -0.3 is 0 Å². The number of benzene rings is 1. The molecule has 6 heteroatoms. The van der Waals surface area contributed by atoms with Crippen LogP contribution in [0.15, 0.2) is 23.2 Å². The Morgan fingerprint density at radius 2 is 1.93 bits per heavy atom. The number of hydrogen-bond donors (Lipinski definition) is 0. The van der Waals surface area contributed by atoms with Gasteiger partial charge in [-0.2, -0.15) is 18.2 Å². The van der Waals surface area contributed by atoms with Crippen molar-refractivity contribution < 1.29 is 17.6 Å². The van der Waals surface area contributed by atoms with Crippen molar-refractivity contribution in [1.29, 1.82) is 0 Å². The maximum Gasteiger partial charge on any atom is 0.421 e. The van der Waals surface area contributed by atoms with Crippen LogP contribution in [0.1, 0.15) is 5.56 Å².